The van der Waals surface area contributed by atoms with Crippen LogP contribution in [0.25, 0.3) is 0 Å². The monoisotopic (exact) mass is 210 g/mol. The van der Waals surface area contributed by atoms with Crippen molar-refractivity contribution < 1.29 is 0 Å². The zero-order chi connectivity index (χ0) is 11.6. The maximum absolute atomic E-state index is 6.10. The Morgan fingerprint density at radius 1 is 1.53 bits per heavy atom. The fourth-order valence-corrected chi connectivity index (χ4v) is 1.77. The molecule has 1 aromatic heterocycles. The molecule has 0 aliphatic heterocycles. The van der Waals surface area contributed by atoms with Crippen molar-refractivity contribution in [1.82, 2.24) is 14.5 Å². The van der Waals surface area contributed by atoms with Crippen molar-refractivity contribution in [1.29, 1.82) is 0 Å². The van der Waals surface area contributed by atoms with Crippen molar-refractivity contribution >= 4 is 0 Å². The van der Waals surface area contributed by atoms with Gasteiger partial charge in [0.05, 0.1) is 17.6 Å². The Morgan fingerprint density at radius 2 is 2.13 bits per heavy atom. The first-order chi connectivity index (χ1) is 6.82. The van der Waals surface area contributed by atoms with E-state index < -0.39 is 0 Å². The highest BCUT2D eigenvalue weighted by Gasteiger charge is 2.21. The molecule has 0 saturated heterocycles. The van der Waals surface area contributed by atoms with Crippen LogP contribution in [0.15, 0.2) is 12.5 Å². The summed E-state index contributed by atoms with van der Waals surface area (Å²) in [5.41, 5.74) is 6.84. The second-order valence-corrected chi connectivity index (χ2v) is 5.02. The molecule has 0 radical (unpaired) electrons. The lowest BCUT2D eigenvalue weighted by Crippen LogP contribution is -2.33. The number of hydrogen-bond donors (Lipinski definition) is 1. The van der Waals surface area contributed by atoms with Crippen LogP contribution in [0, 0.1) is 0 Å². The van der Waals surface area contributed by atoms with Crippen LogP contribution in [-0.4, -0.2) is 35.1 Å². The fourth-order valence-electron chi connectivity index (χ4n) is 1.77. The van der Waals surface area contributed by atoms with E-state index in [4.69, 9.17) is 5.73 Å². The Kier molecular flexibility index (Phi) is 3.52. The van der Waals surface area contributed by atoms with Gasteiger partial charge in [0.2, 0.25) is 0 Å². The number of aromatic nitrogens is 2. The summed E-state index contributed by atoms with van der Waals surface area (Å²) in [6, 6.07) is 0.389. The number of hydrogen-bond acceptors (Lipinski definition) is 3. The average Bonchev–Trinajstić information content (AvgIpc) is 2.48. The molecule has 1 heterocycles. The van der Waals surface area contributed by atoms with E-state index in [9.17, 15) is 0 Å². The molecule has 0 spiro atoms. The molecule has 4 nitrogen and oxygen atoms in total. The largest absolute Gasteiger partial charge is 0.329 e. The van der Waals surface area contributed by atoms with Gasteiger partial charge in [-0.1, -0.05) is 0 Å². The van der Waals surface area contributed by atoms with Gasteiger partial charge in [-0.2, -0.15) is 0 Å². The van der Waals surface area contributed by atoms with Crippen molar-refractivity contribution in [3.63, 3.8) is 0 Å². The summed E-state index contributed by atoms with van der Waals surface area (Å²) in [6.07, 6.45) is 3.71. The van der Waals surface area contributed by atoms with Crippen LogP contribution in [0.1, 0.15) is 32.5 Å². The van der Waals surface area contributed by atoms with E-state index in [0.717, 1.165) is 12.2 Å². The smallest absolute Gasteiger partial charge is 0.0951 e. The highest BCUT2D eigenvalue weighted by atomic mass is 15.2. The summed E-state index contributed by atoms with van der Waals surface area (Å²) in [5.74, 6) is 0. The van der Waals surface area contributed by atoms with Gasteiger partial charge in [0.15, 0.2) is 0 Å². The average molecular weight is 210 g/mol. The highest BCUT2D eigenvalue weighted by molar-refractivity contribution is 5.11. The van der Waals surface area contributed by atoms with Crippen LogP contribution in [-0.2, 0) is 5.54 Å². The van der Waals surface area contributed by atoms with Crippen molar-refractivity contribution in [3.8, 4) is 0 Å². The standard InChI is InChI=1S/C11H22N4/c1-9(7-14(4)5)15-8-13-6-10(15)11(2,3)12/h6,8-9H,7,12H2,1-5H3. The van der Waals surface area contributed by atoms with Crippen molar-refractivity contribution in [2.45, 2.75) is 32.4 Å². The van der Waals surface area contributed by atoms with Gasteiger partial charge in [0.1, 0.15) is 0 Å². The molecule has 2 N–H and O–H groups in total. The third-order valence-corrected chi connectivity index (χ3v) is 2.43. The molecule has 4 heteroatoms. The molecule has 15 heavy (non-hydrogen) atoms. The van der Waals surface area contributed by atoms with Crippen LogP contribution in [0.2, 0.25) is 0 Å². The SMILES string of the molecule is CC(CN(C)C)n1cncc1C(C)(C)N. The fraction of sp³-hybridized carbons (Fsp3) is 0.727. The Bertz CT molecular complexity index is 309. The normalized spacial score (nSPS) is 14.6. The maximum atomic E-state index is 6.10. The van der Waals surface area contributed by atoms with Gasteiger partial charge in [-0.25, -0.2) is 4.98 Å². The topological polar surface area (TPSA) is 47.1 Å². The lowest BCUT2D eigenvalue weighted by atomic mass is 10.0. The molecule has 1 atom stereocenters. The van der Waals surface area contributed by atoms with E-state index in [0.29, 0.717) is 6.04 Å². The predicted molar refractivity (Wildman–Crippen MR) is 62.7 cm³/mol. The second-order valence-electron chi connectivity index (χ2n) is 5.02. The summed E-state index contributed by atoms with van der Waals surface area (Å²) < 4.78 is 2.15. The van der Waals surface area contributed by atoms with Crippen LogP contribution >= 0.6 is 0 Å². The van der Waals surface area contributed by atoms with Crippen LogP contribution in [0.4, 0.5) is 0 Å². The van der Waals surface area contributed by atoms with E-state index in [1.807, 2.05) is 26.4 Å². The summed E-state index contributed by atoms with van der Waals surface area (Å²) >= 11 is 0. The first kappa shape index (κ1) is 12.2. The maximum Gasteiger partial charge on any atom is 0.0951 e. The summed E-state index contributed by atoms with van der Waals surface area (Å²) in [7, 11) is 4.14. The van der Waals surface area contributed by atoms with E-state index in [1.165, 1.54) is 0 Å². The van der Waals surface area contributed by atoms with Crippen molar-refractivity contribution in [2.75, 3.05) is 20.6 Å². The summed E-state index contributed by atoms with van der Waals surface area (Å²) in [4.78, 5) is 6.35. The molecule has 1 unspecified atom stereocenters. The van der Waals surface area contributed by atoms with Gasteiger partial charge >= 0.3 is 0 Å². The molecule has 0 fully saturated rings. The number of imidazole rings is 1. The van der Waals surface area contributed by atoms with E-state index in [-0.39, 0.29) is 5.54 Å². The molecular formula is C11H22N4. The van der Waals surface area contributed by atoms with Crippen LogP contribution in [0.5, 0.6) is 0 Å². The minimum atomic E-state index is -0.336. The molecule has 0 amide bonds. The van der Waals surface area contributed by atoms with Gasteiger partial charge in [-0.05, 0) is 34.9 Å². The van der Waals surface area contributed by atoms with Crippen LogP contribution < -0.4 is 5.73 Å². The van der Waals surface area contributed by atoms with Gasteiger partial charge in [-0.3, -0.25) is 0 Å². The molecule has 1 rings (SSSR count). The second kappa shape index (κ2) is 4.33. The molecular weight excluding hydrogens is 188 g/mol. The first-order valence-electron chi connectivity index (χ1n) is 5.28. The third-order valence-electron chi connectivity index (χ3n) is 2.43. The third kappa shape index (κ3) is 3.04. The molecule has 0 bridgehead atoms. The first-order valence-corrected chi connectivity index (χ1v) is 5.28. The Morgan fingerprint density at radius 3 is 2.60 bits per heavy atom. The van der Waals surface area contributed by atoms with Crippen LogP contribution in [0.3, 0.4) is 0 Å². The zero-order valence-corrected chi connectivity index (χ0v) is 10.4. The molecule has 1 aromatic rings. The van der Waals surface area contributed by atoms with Crippen molar-refractivity contribution in [2.24, 2.45) is 5.73 Å². The lowest BCUT2D eigenvalue weighted by Gasteiger charge is -2.26. The minimum absolute atomic E-state index is 0.336. The Labute approximate surface area is 92.1 Å². The van der Waals surface area contributed by atoms with Gasteiger partial charge in [0, 0.05) is 18.8 Å². The summed E-state index contributed by atoms with van der Waals surface area (Å²) in [6.45, 7) is 7.17. The lowest BCUT2D eigenvalue weighted by molar-refractivity contribution is 0.324. The van der Waals surface area contributed by atoms with Gasteiger partial charge < -0.3 is 15.2 Å². The van der Waals surface area contributed by atoms with Gasteiger partial charge in [0.25, 0.3) is 0 Å². The number of nitrogens with zero attached hydrogens (tertiary/aromatic N) is 3. The van der Waals surface area contributed by atoms with Crippen molar-refractivity contribution in [3.05, 3.63) is 18.2 Å². The zero-order valence-electron chi connectivity index (χ0n) is 10.4. The van der Waals surface area contributed by atoms with E-state index >= 15 is 0 Å². The van der Waals surface area contributed by atoms with E-state index in [2.05, 4.69) is 35.5 Å². The predicted octanol–water partition coefficient (Wildman–Crippen LogP) is 1.20. The molecule has 0 aromatic carbocycles. The molecule has 0 aliphatic carbocycles. The number of rotatable bonds is 4. The highest BCUT2D eigenvalue weighted by Crippen LogP contribution is 2.20. The molecule has 0 aliphatic rings. The molecule has 0 saturated carbocycles. The number of nitrogens with two attached hydrogens (primary N) is 1. The Balaban J connectivity index is 2.90. The minimum Gasteiger partial charge on any atom is -0.329 e. The quantitative estimate of drug-likeness (QED) is 0.812. The Hall–Kier alpha value is -0.870. The molecule has 86 valence electrons. The number of likely N-dealkylation sites (N-methyl/N-ethyl adjacent to an activating group) is 1. The van der Waals surface area contributed by atoms with Gasteiger partial charge in [-0.15, -0.1) is 0 Å². The van der Waals surface area contributed by atoms with E-state index in [1.54, 1.807) is 0 Å². The summed E-state index contributed by atoms with van der Waals surface area (Å²) in [5, 5.41) is 0.